The van der Waals surface area contributed by atoms with Crippen molar-refractivity contribution >= 4 is 5.97 Å². The van der Waals surface area contributed by atoms with Gasteiger partial charge in [-0.2, -0.15) is 0 Å². The molecule has 0 aromatic heterocycles. The Balaban J connectivity index is 2.35. The Kier molecular flexibility index (Phi) is 2.49. The average Bonchev–Trinajstić information content (AvgIpc) is 2.70. The minimum absolute atomic E-state index is 0.139. The Labute approximate surface area is 66.4 Å². The Hall–Kier alpha value is -0.570. The number of hydrogen-bond acceptors (Lipinski definition) is 2. The molecule has 0 amide bonds. The van der Waals surface area contributed by atoms with Crippen LogP contribution in [0.25, 0.3) is 0 Å². The van der Waals surface area contributed by atoms with Crippen molar-refractivity contribution in [1.82, 2.24) is 0 Å². The molecule has 1 fully saturated rings. The molecule has 3 unspecified atom stereocenters. The summed E-state index contributed by atoms with van der Waals surface area (Å²) in [6.07, 6.45) is 1.85. The first kappa shape index (κ1) is 8.53. The fourth-order valence-electron chi connectivity index (χ4n) is 1.55. The zero-order valence-corrected chi connectivity index (χ0v) is 6.91. The van der Waals surface area contributed by atoms with Gasteiger partial charge >= 0.3 is 5.97 Å². The number of carboxylic acids is 1. The van der Waals surface area contributed by atoms with E-state index in [1.165, 1.54) is 0 Å². The van der Waals surface area contributed by atoms with Crippen LogP contribution in [0.4, 0.5) is 0 Å². The van der Waals surface area contributed by atoms with Gasteiger partial charge in [0.15, 0.2) is 0 Å². The van der Waals surface area contributed by atoms with Crippen LogP contribution in [0.1, 0.15) is 19.8 Å². The molecule has 1 aliphatic carbocycles. The summed E-state index contributed by atoms with van der Waals surface area (Å²) in [4.78, 5) is 10.5. The molecule has 0 aromatic carbocycles. The molecule has 1 N–H and O–H groups in total. The second kappa shape index (κ2) is 3.22. The van der Waals surface area contributed by atoms with E-state index in [1.54, 1.807) is 7.11 Å². The van der Waals surface area contributed by atoms with E-state index in [9.17, 15) is 4.79 Å². The summed E-state index contributed by atoms with van der Waals surface area (Å²) in [5, 5.41) is 8.61. The van der Waals surface area contributed by atoms with Crippen LogP contribution >= 0.6 is 0 Å². The van der Waals surface area contributed by atoms with Gasteiger partial charge in [-0.15, -0.1) is 0 Å². The summed E-state index contributed by atoms with van der Waals surface area (Å²) in [5.74, 6) is -0.548. The van der Waals surface area contributed by atoms with Crippen LogP contribution in [0, 0.1) is 11.8 Å². The second-order valence-corrected chi connectivity index (χ2v) is 3.03. The number of carboxylic acid groups (broad SMARTS) is 1. The lowest BCUT2D eigenvalue weighted by atomic mass is 10.1. The molecule has 0 heterocycles. The summed E-state index contributed by atoms with van der Waals surface area (Å²) >= 11 is 0. The molecule has 0 aromatic rings. The third-order valence-electron chi connectivity index (χ3n) is 2.34. The van der Waals surface area contributed by atoms with Crippen LogP contribution in [0.3, 0.4) is 0 Å². The second-order valence-electron chi connectivity index (χ2n) is 3.03. The van der Waals surface area contributed by atoms with Gasteiger partial charge in [-0.1, -0.05) is 6.92 Å². The van der Waals surface area contributed by atoms with Crippen molar-refractivity contribution in [3.63, 3.8) is 0 Å². The van der Waals surface area contributed by atoms with Crippen molar-refractivity contribution in [2.45, 2.75) is 25.9 Å². The highest BCUT2D eigenvalue weighted by Crippen LogP contribution is 2.43. The predicted molar refractivity (Wildman–Crippen MR) is 40.3 cm³/mol. The molecule has 64 valence electrons. The third-order valence-corrected chi connectivity index (χ3v) is 2.34. The topological polar surface area (TPSA) is 46.5 Å². The monoisotopic (exact) mass is 158 g/mol. The predicted octanol–water partition coefficient (Wildman–Crippen LogP) is 1.13. The summed E-state index contributed by atoms with van der Waals surface area (Å²) < 4.78 is 5.14. The Morgan fingerprint density at radius 3 is 2.73 bits per heavy atom. The lowest BCUT2D eigenvalue weighted by Crippen LogP contribution is -2.15. The molecule has 0 bridgehead atoms. The molecule has 1 saturated carbocycles. The van der Waals surface area contributed by atoms with Gasteiger partial charge < -0.3 is 9.84 Å². The third kappa shape index (κ3) is 1.71. The van der Waals surface area contributed by atoms with E-state index in [0.717, 1.165) is 12.8 Å². The molecule has 3 atom stereocenters. The molecule has 3 nitrogen and oxygen atoms in total. The highest BCUT2D eigenvalue weighted by Gasteiger charge is 2.47. The van der Waals surface area contributed by atoms with Crippen LogP contribution in [0.15, 0.2) is 0 Å². The van der Waals surface area contributed by atoms with E-state index in [2.05, 4.69) is 0 Å². The van der Waals surface area contributed by atoms with Gasteiger partial charge in [0, 0.05) is 7.11 Å². The van der Waals surface area contributed by atoms with Crippen LogP contribution < -0.4 is 0 Å². The van der Waals surface area contributed by atoms with Gasteiger partial charge in [-0.25, -0.2) is 0 Å². The van der Waals surface area contributed by atoms with Crippen LogP contribution in [-0.2, 0) is 9.53 Å². The Bertz CT molecular complexity index is 151. The molecule has 1 rings (SSSR count). The van der Waals surface area contributed by atoms with Crippen molar-refractivity contribution in [3.8, 4) is 0 Å². The molecular formula is C8H14O3. The Morgan fingerprint density at radius 1 is 1.82 bits per heavy atom. The van der Waals surface area contributed by atoms with Crippen LogP contribution in [-0.4, -0.2) is 24.3 Å². The summed E-state index contributed by atoms with van der Waals surface area (Å²) in [5.41, 5.74) is 0. The minimum atomic E-state index is -0.675. The minimum Gasteiger partial charge on any atom is -0.481 e. The maximum atomic E-state index is 10.5. The van der Waals surface area contributed by atoms with E-state index in [1.807, 2.05) is 6.92 Å². The van der Waals surface area contributed by atoms with E-state index >= 15 is 0 Å². The lowest BCUT2D eigenvalue weighted by Gasteiger charge is -2.10. The van der Waals surface area contributed by atoms with Gasteiger partial charge in [0.2, 0.25) is 0 Å². The van der Waals surface area contributed by atoms with E-state index in [0.29, 0.717) is 0 Å². The molecule has 1 aliphatic rings. The average molecular weight is 158 g/mol. The lowest BCUT2D eigenvalue weighted by molar-refractivity contribution is -0.139. The smallest absolute Gasteiger partial charge is 0.306 e. The zero-order chi connectivity index (χ0) is 8.43. The maximum Gasteiger partial charge on any atom is 0.306 e. The number of rotatable bonds is 4. The Morgan fingerprint density at radius 2 is 2.45 bits per heavy atom. The van der Waals surface area contributed by atoms with Gasteiger partial charge in [0.25, 0.3) is 0 Å². The fourth-order valence-corrected chi connectivity index (χ4v) is 1.55. The van der Waals surface area contributed by atoms with Crippen molar-refractivity contribution in [1.29, 1.82) is 0 Å². The number of ether oxygens (including phenoxy) is 1. The van der Waals surface area contributed by atoms with Crippen molar-refractivity contribution in [2.75, 3.05) is 7.11 Å². The zero-order valence-electron chi connectivity index (χ0n) is 6.91. The van der Waals surface area contributed by atoms with E-state index < -0.39 is 5.97 Å². The van der Waals surface area contributed by atoms with Crippen molar-refractivity contribution in [2.24, 2.45) is 11.8 Å². The standard InChI is InChI=1S/C8H14O3/c1-3-7(11-2)5-4-6(5)8(9)10/h5-7H,3-4H2,1-2H3,(H,9,10). The van der Waals surface area contributed by atoms with E-state index in [-0.39, 0.29) is 17.9 Å². The molecule has 0 radical (unpaired) electrons. The number of carbonyl (C=O) groups is 1. The van der Waals surface area contributed by atoms with Gasteiger partial charge in [0.05, 0.1) is 12.0 Å². The first-order chi connectivity index (χ1) is 5.20. The van der Waals surface area contributed by atoms with Crippen molar-refractivity contribution < 1.29 is 14.6 Å². The highest BCUT2D eigenvalue weighted by molar-refractivity contribution is 5.73. The molecular weight excluding hydrogens is 144 g/mol. The van der Waals surface area contributed by atoms with E-state index in [4.69, 9.17) is 9.84 Å². The number of methoxy groups -OCH3 is 1. The van der Waals surface area contributed by atoms with Crippen molar-refractivity contribution in [3.05, 3.63) is 0 Å². The molecule has 0 spiro atoms. The first-order valence-corrected chi connectivity index (χ1v) is 3.96. The summed E-state index contributed by atoms with van der Waals surface area (Å²) in [6, 6.07) is 0. The SMILES string of the molecule is CCC(OC)C1CC1C(=O)O. The quantitative estimate of drug-likeness (QED) is 0.667. The summed E-state index contributed by atoms with van der Waals surface area (Å²) in [6.45, 7) is 2.02. The largest absolute Gasteiger partial charge is 0.481 e. The van der Waals surface area contributed by atoms with Crippen LogP contribution in [0.5, 0.6) is 0 Å². The number of hydrogen-bond donors (Lipinski definition) is 1. The fraction of sp³-hybridized carbons (Fsp3) is 0.875. The van der Waals surface area contributed by atoms with Crippen LogP contribution in [0.2, 0.25) is 0 Å². The molecule has 0 saturated heterocycles. The molecule has 3 heteroatoms. The van der Waals surface area contributed by atoms with Gasteiger partial charge in [-0.3, -0.25) is 4.79 Å². The first-order valence-electron chi connectivity index (χ1n) is 3.96. The molecule has 0 aliphatic heterocycles. The highest BCUT2D eigenvalue weighted by atomic mass is 16.5. The normalized spacial score (nSPS) is 31.5. The number of aliphatic carboxylic acids is 1. The van der Waals surface area contributed by atoms with Gasteiger partial charge in [-0.05, 0) is 18.8 Å². The maximum absolute atomic E-state index is 10.5. The molecule has 11 heavy (non-hydrogen) atoms. The van der Waals surface area contributed by atoms with Gasteiger partial charge in [0.1, 0.15) is 0 Å². The summed E-state index contributed by atoms with van der Waals surface area (Å²) in [7, 11) is 1.64.